The van der Waals surface area contributed by atoms with Crippen molar-refractivity contribution >= 4 is 12.1 Å². The summed E-state index contributed by atoms with van der Waals surface area (Å²) in [6, 6.07) is 8.76. The maximum absolute atomic E-state index is 12.2. The van der Waals surface area contributed by atoms with Gasteiger partial charge in [0.15, 0.2) is 11.5 Å². The van der Waals surface area contributed by atoms with Crippen LogP contribution >= 0.6 is 0 Å². The van der Waals surface area contributed by atoms with Crippen molar-refractivity contribution in [2.75, 3.05) is 14.2 Å². The molecule has 0 aliphatic rings. The van der Waals surface area contributed by atoms with Gasteiger partial charge in [-0.15, -0.1) is 0 Å². The van der Waals surface area contributed by atoms with Gasteiger partial charge in [0.2, 0.25) is 5.75 Å². The number of carbonyl (C=O) groups is 1. The molecule has 0 radical (unpaired) electrons. The number of methoxy groups -OCH3 is 2. The minimum atomic E-state index is -0.290. The van der Waals surface area contributed by atoms with Crippen LogP contribution in [0.2, 0.25) is 0 Å². The lowest BCUT2D eigenvalue weighted by Gasteiger charge is -2.09. The molecule has 24 heavy (non-hydrogen) atoms. The van der Waals surface area contributed by atoms with E-state index in [2.05, 4.69) is 10.5 Å². The van der Waals surface area contributed by atoms with Gasteiger partial charge >= 0.3 is 0 Å². The molecule has 2 aromatic rings. The minimum absolute atomic E-state index is 0.0866. The Morgan fingerprint density at radius 2 is 1.75 bits per heavy atom. The molecule has 126 valence electrons. The van der Waals surface area contributed by atoms with Gasteiger partial charge in [-0.25, -0.2) is 5.43 Å². The highest BCUT2D eigenvalue weighted by Crippen LogP contribution is 2.36. The zero-order valence-electron chi connectivity index (χ0n) is 14.1. The Morgan fingerprint density at radius 1 is 1.12 bits per heavy atom. The van der Waals surface area contributed by atoms with Gasteiger partial charge < -0.3 is 14.6 Å². The Kier molecular flexibility index (Phi) is 5.42. The van der Waals surface area contributed by atoms with Crippen molar-refractivity contribution < 1.29 is 19.4 Å². The van der Waals surface area contributed by atoms with Crippen molar-refractivity contribution in [3.8, 4) is 17.2 Å². The second-order valence-corrected chi connectivity index (χ2v) is 5.29. The van der Waals surface area contributed by atoms with Crippen molar-refractivity contribution in [3.63, 3.8) is 0 Å². The van der Waals surface area contributed by atoms with Gasteiger partial charge in [0.1, 0.15) is 0 Å². The lowest BCUT2D eigenvalue weighted by molar-refractivity contribution is 0.0954. The summed E-state index contributed by atoms with van der Waals surface area (Å²) in [5.41, 5.74) is 5.64. The van der Waals surface area contributed by atoms with Crippen LogP contribution in [-0.2, 0) is 0 Å². The first-order valence-electron chi connectivity index (χ1n) is 7.32. The van der Waals surface area contributed by atoms with Gasteiger partial charge in [0, 0.05) is 11.1 Å². The van der Waals surface area contributed by atoms with Crippen LogP contribution in [0.5, 0.6) is 17.2 Å². The monoisotopic (exact) mass is 328 g/mol. The number of ether oxygens (including phenoxy) is 2. The first kappa shape index (κ1) is 17.3. The molecule has 2 rings (SSSR count). The smallest absolute Gasteiger partial charge is 0.271 e. The first-order valence-corrected chi connectivity index (χ1v) is 7.32. The number of benzene rings is 2. The Bertz CT molecular complexity index is 760. The lowest BCUT2D eigenvalue weighted by atomic mass is 10.1. The molecule has 0 aliphatic carbocycles. The number of phenolic OH excluding ortho intramolecular Hbond substituents is 1. The third-order valence-electron chi connectivity index (χ3n) is 3.51. The van der Waals surface area contributed by atoms with E-state index in [1.807, 2.05) is 26.0 Å². The Balaban J connectivity index is 2.15. The summed E-state index contributed by atoms with van der Waals surface area (Å²) in [6.07, 6.45) is 1.45. The molecular formula is C18H20N2O4. The first-order chi connectivity index (χ1) is 11.5. The van der Waals surface area contributed by atoms with Crippen LogP contribution in [0.15, 0.2) is 35.4 Å². The molecule has 2 aromatic carbocycles. The lowest BCUT2D eigenvalue weighted by Crippen LogP contribution is -2.18. The summed E-state index contributed by atoms with van der Waals surface area (Å²) in [5, 5.41) is 13.8. The fraction of sp³-hybridized carbons (Fsp3) is 0.222. The molecule has 0 aromatic heterocycles. The highest BCUT2D eigenvalue weighted by molar-refractivity contribution is 5.96. The van der Waals surface area contributed by atoms with Gasteiger partial charge in [-0.05, 0) is 37.6 Å². The van der Waals surface area contributed by atoms with Gasteiger partial charge in [-0.2, -0.15) is 5.10 Å². The van der Waals surface area contributed by atoms with Crippen LogP contribution in [0.1, 0.15) is 27.0 Å². The molecule has 1 amide bonds. The topological polar surface area (TPSA) is 80.2 Å². The summed E-state index contributed by atoms with van der Waals surface area (Å²) in [4.78, 5) is 12.2. The Hall–Kier alpha value is -3.02. The number of hydrogen-bond acceptors (Lipinski definition) is 5. The van der Waals surface area contributed by atoms with Crippen molar-refractivity contribution in [1.82, 2.24) is 5.43 Å². The normalized spacial score (nSPS) is 10.7. The number of carbonyl (C=O) groups excluding carboxylic acids is 1. The highest BCUT2D eigenvalue weighted by atomic mass is 16.5. The molecule has 0 fully saturated rings. The van der Waals surface area contributed by atoms with E-state index in [0.29, 0.717) is 11.1 Å². The molecule has 6 nitrogen and oxygen atoms in total. The average molecular weight is 328 g/mol. The molecular weight excluding hydrogens is 308 g/mol. The molecule has 0 atom stereocenters. The molecule has 0 unspecified atom stereocenters. The molecule has 0 heterocycles. The zero-order chi connectivity index (χ0) is 17.7. The Morgan fingerprint density at radius 3 is 2.29 bits per heavy atom. The van der Waals surface area contributed by atoms with E-state index in [-0.39, 0.29) is 23.2 Å². The van der Waals surface area contributed by atoms with Crippen LogP contribution in [0.4, 0.5) is 0 Å². The predicted molar refractivity (Wildman–Crippen MR) is 92.2 cm³/mol. The SMILES string of the molecule is COc1cc(C=NNC(=O)c2ccc(C)cc2C)cc(OC)c1O. The van der Waals surface area contributed by atoms with E-state index >= 15 is 0 Å². The van der Waals surface area contributed by atoms with Crippen LogP contribution in [0, 0.1) is 13.8 Å². The van der Waals surface area contributed by atoms with Crippen LogP contribution in [-0.4, -0.2) is 31.4 Å². The molecule has 2 N–H and O–H groups in total. The number of phenols is 1. The van der Waals surface area contributed by atoms with Gasteiger partial charge in [0.05, 0.1) is 20.4 Å². The van der Waals surface area contributed by atoms with Crippen molar-refractivity contribution in [2.24, 2.45) is 5.10 Å². The number of amides is 1. The van der Waals surface area contributed by atoms with Crippen molar-refractivity contribution in [3.05, 3.63) is 52.6 Å². The van der Waals surface area contributed by atoms with Gasteiger partial charge in [-0.1, -0.05) is 17.7 Å². The summed E-state index contributed by atoms with van der Waals surface area (Å²) < 4.78 is 10.1. The average Bonchev–Trinajstić information content (AvgIpc) is 2.55. The number of nitrogens with one attached hydrogen (secondary N) is 1. The van der Waals surface area contributed by atoms with Crippen LogP contribution in [0.3, 0.4) is 0 Å². The molecule has 0 bridgehead atoms. The summed E-state index contributed by atoms with van der Waals surface area (Å²) in [5.74, 6) is 0.144. The number of aromatic hydroxyl groups is 1. The molecule has 6 heteroatoms. The van der Waals surface area contributed by atoms with Crippen molar-refractivity contribution in [1.29, 1.82) is 0 Å². The van der Waals surface area contributed by atoms with Crippen LogP contribution in [0.25, 0.3) is 0 Å². The summed E-state index contributed by atoms with van der Waals surface area (Å²) in [7, 11) is 2.88. The van der Waals surface area contributed by atoms with Gasteiger partial charge in [-0.3, -0.25) is 4.79 Å². The summed E-state index contributed by atoms with van der Waals surface area (Å²) in [6.45, 7) is 3.85. The van der Waals surface area contributed by atoms with Crippen molar-refractivity contribution in [2.45, 2.75) is 13.8 Å². The van der Waals surface area contributed by atoms with E-state index in [9.17, 15) is 9.90 Å². The van der Waals surface area contributed by atoms with E-state index in [1.165, 1.54) is 20.4 Å². The van der Waals surface area contributed by atoms with E-state index in [1.54, 1.807) is 18.2 Å². The number of aryl methyl sites for hydroxylation is 2. The fourth-order valence-corrected chi connectivity index (χ4v) is 2.28. The number of rotatable bonds is 5. The minimum Gasteiger partial charge on any atom is -0.502 e. The summed E-state index contributed by atoms with van der Waals surface area (Å²) >= 11 is 0. The van der Waals surface area contributed by atoms with E-state index in [4.69, 9.17) is 9.47 Å². The number of hydrogen-bond donors (Lipinski definition) is 2. The standard InChI is InChI=1S/C18H20N2O4/c1-11-5-6-14(12(2)7-11)18(22)20-19-10-13-8-15(23-3)17(21)16(9-13)24-4/h5-10,21H,1-4H3,(H,20,22). The molecule has 0 saturated carbocycles. The predicted octanol–water partition coefficient (Wildman–Crippen LogP) is 2.79. The highest BCUT2D eigenvalue weighted by Gasteiger charge is 2.11. The maximum Gasteiger partial charge on any atom is 0.271 e. The number of nitrogens with zero attached hydrogens (tertiary/aromatic N) is 1. The van der Waals surface area contributed by atoms with Crippen LogP contribution < -0.4 is 14.9 Å². The third-order valence-corrected chi connectivity index (χ3v) is 3.51. The zero-order valence-corrected chi connectivity index (χ0v) is 14.1. The maximum atomic E-state index is 12.2. The van der Waals surface area contributed by atoms with Gasteiger partial charge in [0.25, 0.3) is 5.91 Å². The molecule has 0 aliphatic heterocycles. The Labute approximate surface area is 140 Å². The van der Waals surface area contributed by atoms with E-state index in [0.717, 1.165) is 11.1 Å². The molecule has 0 saturated heterocycles. The third kappa shape index (κ3) is 3.84. The molecule has 0 spiro atoms. The number of hydrazone groups is 1. The fourth-order valence-electron chi connectivity index (χ4n) is 2.28. The van der Waals surface area contributed by atoms with E-state index < -0.39 is 0 Å². The second-order valence-electron chi connectivity index (χ2n) is 5.29. The second kappa shape index (κ2) is 7.50. The largest absolute Gasteiger partial charge is 0.502 e. The quantitative estimate of drug-likeness (QED) is 0.653.